The molecule has 7 nitrogen and oxygen atoms in total. The molecule has 2 heterocycles. The Bertz CT molecular complexity index is 381. The maximum Gasteiger partial charge on any atom is 0.225 e. The molecule has 2 fully saturated rings. The van der Waals surface area contributed by atoms with Crippen LogP contribution in [-0.4, -0.2) is 80.1 Å². The molecule has 0 bridgehead atoms. The van der Waals surface area contributed by atoms with Crippen molar-refractivity contribution in [2.45, 2.75) is 19.4 Å². The van der Waals surface area contributed by atoms with E-state index >= 15 is 0 Å². The molecule has 2 aliphatic heterocycles. The lowest BCUT2D eigenvalue weighted by Crippen LogP contribution is -2.43. The third kappa shape index (κ3) is 6.81. The van der Waals surface area contributed by atoms with Crippen LogP contribution in [-0.2, 0) is 14.3 Å². The first-order valence-electron chi connectivity index (χ1n) is 7.68. The predicted molar refractivity (Wildman–Crippen MR) is 93.1 cm³/mol. The highest BCUT2D eigenvalue weighted by molar-refractivity contribution is 5.89. The number of likely N-dealkylation sites (tertiary alicyclic amines) is 1. The number of amides is 2. The number of carbonyl (C=O) groups excluding carboxylic acids is 2. The molecule has 23 heavy (non-hydrogen) atoms. The van der Waals surface area contributed by atoms with Crippen LogP contribution < -0.4 is 11.1 Å². The summed E-state index contributed by atoms with van der Waals surface area (Å²) in [6.45, 7) is 7.69. The van der Waals surface area contributed by atoms with Gasteiger partial charge in [-0.2, -0.15) is 0 Å². The van der Waals surface area contributed by atoms with Gasteiger partial charge >= 0.3 is 0 Å². The summed E-state index contributed by atoms with van der Waals surface area (Å²) in [5.74, 6) is -0.227. The van der Waals surface area contributed by atoms with Gasteiger partial charge < -0.3 is 20.7 Å². The average molecular weight is 371 g/mol. The van der Waals surface area contributed by atoms with Crippen LogP contribution in [0.5, 0.6) is 0 Å². The molecular weight excluding hydrogens is 343 g/mol. The van der Waals surface area contributed by atoms with E-state index in [1.54, 1.807) is 4.90 Å². The van der Waals surface area contributed by atoms with Gasteiger partial charge in [-0.3, -0.25) is 14.5 Å². The molecule has 0 radical (unpaired) electrons. The normalized spacial score (nSPS) is 23.0. The summed E-state index contributed by atoms with van der Waals surface area (Å²) in [4.78, 5) is 28.1. The molecule has 0 aromatic carbocycles. The topological polar surface area (TPSA) is 87.9 Å². The molecule has 2 rings (SSSR count). The van der Waals surface area contributed by atoms with E-state index in [1.807, 2.05) is 6.92 Å². The van der Waals surface area contributed by atoms with Crippen LogP contribution in [0.3, 0.4) is 0 Å². The van der Waals surface area contributed by atoms with Crippen molar-refractivity contribution in [2.75, 3.05) is 52.5 Å². The van der Waals surface area contributed by atoms with Crippen LogP contribution in [0.15, 0.2) is 0 Å². The molecule has 0 aromatic heterocycles. The smallest absolute Gasteiger partial charge is 0.225 e. The van der Waals surface area contributed by atoms with Crippen LogP contribution in [0.4, 0.5) is 0 Å². The third-order valence-electron chi connectivity index (χ3n) is 4.12. The fourth-order valence-electron chi connectivity index (χ4n) is 2.67. The standard InChI is InChI=1S/C14H26N4O3.2ClH/c1-11(9-15)16-14(20)12-8-13(19)18(10-12)3-2-17-4-6-21-7-5-17;;/h11-12H,2-10,15H2,1H3,(H,16,20);2*1H/t11-,12?;;/m0../s1. The molecule has 3 N–H and O–H groups in total. The molecule has 1 unspecified atom stereocenters. The lowest BCUT2D eigenvalue weighted by Gasteiger charge is -2.28. The zero-order chi connectivity index (χ0) is 15.2. The number of nitrogens with zero attached hydrogens (tertiary/aromatic N) is 2. The Morgan fingerprint density at radius 3 is 2.61 bits per heavy atom. The summed E-state index contributed by atoms with van der Waals surface area (Å²) in [5, 5.41) is 2.85. The van der Waals surface area contributed by atoms with Crippen molar-refractivity contribution in [3.8, 4) is 0 Å². The Hall–Kier alpha value is -0.600. The van der Waals surface area contributed by atoms with E-state index in [1.165, 1.54) is 0 Å². The largest absolute Gasteiger partial charge is 0.379 e. The molecular formula is C14H28Cl2N4O3. The van der Waals surface area contributed by atoms with Gasteiger partial charge in [-0.1, -0.05) is 0 Å². The zero-order valence-corrected chi connectivity index (χ0v) is 15.2. The maximum atomic E-state index is 12.0. The minimum Gasteiger partial charge on any atom is -0.379 e. The maximum absolute atomic E-state index is 12.0. The number of ether oxygens (including phenoxy) is 1. The molecule has 0 saturated carbocycles. The fourth-order valence-corrected chi connectivity index (χ4v) is 2.67. The van der Waals surface area contributed by atoms with E-state index in [0.717, 1.165) is 32.8 Å². The molecule has 2 amide bonds. The van der Waals surface area contributed by atoms with Crippen LogP contribution in [0.2, 0.25) is 0 Å². The summed E-state index contributed by atoms with van der Waals surface area (Å²) in [6, 6.07) is -0.0463. The van der Waals surface area contributed by atoms with Gasteiger partial charge in [0.05, 0.1) is 19.1 Å². The minimum atomic E-state index is -0.240. The first-order valence-corrected chi connectivity index (χ1v) is 7.68. The van der Waals surface area contributed by atoms with E-state index < -0.39 is 0 Å². The average Bonchev–Trinajstić information content (AvgIpc) is 2.87. The van der Waals surface area contributed by atoms with Gasteiger partial charge in [-0.05, 0) is 6.92 Å². The number of rotatable bonds is 6. The number of morpholine rings is 1. The highest BCUT2D eigenvalue weighted by Gasteiger charge is 2.34. The van der Waals surface area contributed by atoms with Gasteiger partial charge in [0.2, 0.25) is 11.8 Å². The summed E-state index contributed by atoms with van der Waals surface area (Å²) in [7, 11) is 0. The van der Waals surface area contributed by atoms with Crippen molar-refractivity contribution >= 4 is 36.6 Å². The van der Waals surface area contributed by atoms with Gasteiger partial charge in [-0.15, -0.1) is 24.8 Å². The quantitative estimate of drug-likeness (QED) is 0.656. The Labute approximate surface area is 150 Å². The highest BCUT2D eigenvalue weighted by Crippen LogP contribution is 2.18. The summed E-state index contributed by atoms with van der Waals surface area (Å²) in [5.41, 5.74) is 5.50. The van der Waals surface area contributed by atoms with E-state index in [9.17, 15) is 9.59 Å². The number of hydrogen-bond acceptors (Lipinski definition) is 5. The molecule has 0 aromatic rings. The minimum absolute atomic E-state index is 0. The van der Waals surface area contributed by atoms with E-state index in [2.05, 4.69) is 10.2 Å². The van der Waals surface area contributed by atoms with Crippen LogP contribution in [0.1, 0.15) is 13.3 Å². The van der Waals surface area contributed by atoms with Crippen LogP contribution >= 0.6 is 24.8 Å². The SMILES string of the molecule is C[C@@H](CN)NC(=O)C1CC(=O)N(CCN2CCOCC2)C1.Cl.Cl. The highest BCUT2D eigenvalue weighted by atomic mass is 35.5. The Kier molecular flexibility index (Phi) is 10.8. The zero-order valence-electron chi connectivity index (χ0n) is 13.5. The van der Waals surface area contributed by atoms with Crippen LogP contribution in [0.25, 0.3) is 0 Å². The van der Waals surface area contributed by atoms with Gasteiger partial charge in [-0.25, -0.2) is 0 Å². The van der Waals surface area contributed by atoms with Gasteiger partial charge in [0.1, 0.15) is 0 Å². The Morgan fingerprint density at radius 2 is 2.00 bits per heavy atom. The first-order chi connectivity index (χ1) is 10.1. The third-order valence-corrected chi connectivity index (χ3v) is 4.12. The molecule has 136 valence electrons. The number of nitrogens with two attached hydrogens (primary N) is 1. The van der Waals surface area contributed by atoms with Gasteiger partial charge in [0, 0.05) is 51.7 Å². The number of nitrogens with one attached hydrogen (secondary N) is 1. The Balaban J connectivity index is 0.00000242. The molecule has 2 saturated heterocycles. The Morgan fingerprint density at radius 1 is 1.35 bits per heavy atom. The van der Waals surface area contributed by atoms with Crippen molar-refractivity contribution in [1.82, 2.24) is 15.1 Å². The molecule has 0 aliphatic carbocycles. The predicted octanol–water partition coefficient (Wildman–Crippen LogP) is -0.526. The van der Waals surface area contributed by atoms with Crippen molar-refractivity contribution in [2.24, 2.45) is 11.7 Å². The fraction of sp³-hybridized carbons (Fsp3) is 0.857. The van der Waals surface area contributed by atoms with E-state index in [-0.39, 0.29) is 48.6 Å². The lowest BCUT2D eigenvalue weighted by atomic mass is 10.1. The number of halogens is 2. The van der Waals surface area contributed by atoms with Gasteiger partial charge in [0.25, 0.3) is 0 Å². The monoisotopic (exact) mass is 370 g/mol. The van der Waals surface area contributed by atoms with E-state index in [0.29, 0.717) is 26.1 Å². The van der Waals surface area contributed by atoms with Crippen LogP contribution in [0, 0.1) is 5.92 Å². The van der Waals surface area contributed by atoms with Gasteiger partial charge in [0.15, 0.2) is 0 Å². The van der Waals surface area contributed by atoms with Crippen molar-refractivity contribution in [1.29, 1.82) is 0 Å². The van der Waals surface area contributed by atoms with Crippen molar-refractivity contribution in [3.05, 3.63) is 0 Å². The summed E-state index contributed by atoms with van der Waals surface area (Å²) < 4.78 is 5.30. The second kappa shape index (κ2) is 11.0. The first kappa shape index (κ1) is 22.4. The second-order valence-corrected chi connectivity index (χ2v) is 5.84. The molecule has 9 heteroatoms. The number of carbonyl (C=O) groups is 2. The summed E-state index contributed by atoms with van der Waals surface area (Å²) >= 11 is 0. The molecule has 2 aliphatic rings. The molecule has 0 spiro atoms. The number of hydrogen-bond donors (Lipinski definition) is 2. The lowest BCUT2D eigenvalue weighted by molar-refractivity contribution is -0.129. The van der Waals surface area contributed by atoms with Crippen molar-refractivity contribution in [3.63, 3.8) is 0 Å². The van der Waals surface area contributed by atoms with E-state index in [4.69, 9.17) is 10.5 Å². The summed E-state index contributed by atoms with van der Waals surface area (Å²) in [6.07, 6.45) is 0.312. The molecule has 2 atom stereocenters. The van der Waals surface area contributed by atoms with Crippen molar-refractivity contribution < 1.29 is 14.3 Å². The second-order valence-electron chi connectivity index (χ2n) is 5.84.